The van der Waals surface area contributed by atoms with Crippen LogP contribution in [0.4, 0.5) is 5.69 Å². The molecule has 0 spiro atoms. The van der Waals surface area contributed by atoms with Crippen LogP contribution in [0, 0.1) is 12.8 Å². The van der Waals surface area contributed by atoms with Gasteiger partial charge in [-0.05, 0) is 60.4 Å². The van der Waals surface area contributed by atoms with E-state index in [1.165, 1.54) is 29.2 Å². The molecule has 1 atom stereocenters. The van der Waals surface area contributed by atoms with Crippen molar-refractivity contribution in [3.8, 4) is 0 Å². The van der Waals surface area contributed by atoms with Gasteiger partial charge >= 0.3 is 0 Å². The van der Waals surface area contributed by atoms with E-state index in [9.17, 15) is 18.0 Å². The Kier molecular flexibility index (Phi) is 12.6. The van der Waals surface area contributed by atoms with Crippen molar-refractivity contribution in [2.45, 2.75) is 44.7 Å². The van der Waals surface area contributed by atoms with Crippen LogP contribution in [0.2, 0.25) is 20.1 Å². The number of aryl methyl sites for hydroxylation is 1. The van der Waals surface area contributed by atoms with Crippen molar-refractivity contribution < 1.29 is 18.0 Å². The van der Waals surface area contributed by atoms with Gasteiger partial charge in [-0.2, -0.15) is 0 Å². The van der Waals surface area contributed by atoms with E-state index in [0.717, 1.165) is 15.4 Å². The van der Waals surface area contributed by atoms with Crippen LogP contribution in [0.5, 0.6) is 0 Å². The lowest BCUT2D eigenvalue weighted by Crippen LogP contribution is -2.53. The van der Waals surface area contributed by atoms with Crippen molar-refractivity contribution in [2.24, 2.45) is 5.92 Å². The second-order valence-electron chi connectivity index (χ2n) is 11.5. The zero-order chi connectivity index (χ0) is 34.3. The molecule has 0 aliphatic carbocycles. The molecule has 0 aromatic heterocycles. The predicted molar refractivity (Wildman–Crippen MR) is 191 cm³/mol. The number of amides is 2. The molecule has 4 aromatic carbocycles. The number of hydrogen-bond acceptors (Lipinski definition) is 4. The molecule has 248 valence electrons. The first-order valence-corrected chi connectivity index (χ1v) is 17.8. The molecule has 2 amide bonds. The number of nitrogens with one attached hydrogen (secondary N) is 1. The normalized spacial score (nSPS) is 12.1. The lowest BCUT2D eigenvalue weighted by Gasteiger charge is -2.34. The van der Waals surface area contributed by atoms with Crippen LogP contribution in [0.1, 0.15) is 30.5 Å². The van der Waals surface area contributed by atoms with E-state index in [4.69, 9.17) is 46.4 Å². The molecule has 0 saturated carbocycles. The number of halogens is 4. The van der Waals surface area contributed by atoms with E-state index in [-0.39, 0.29) is 50.4 Å². The summed E-state index contributed by atoms with van der Waals surface area (Å²) in [5.74, 6) is -0.885. The first-order valence-electron chi connectivity index (χ1n) is 14.9. The first kappa shape index (κ1) is 36.6. The standard InChI is InChI=1S/C35H35Cl4N3O4S/c1-23(2)20-40-35(44)32(19-25-8-5-4-6-9-25)41(21-26-14-17-28(36)30(38)18-26)33(43)22-42(31-11-7-10-29(37)34(31)39)47(45,46)27-15-12-24(3)13-16-27/h4-18,23,32H,19-22H2,1-3H3,(H,40,44)/t32-/m0/s1. The minimum atomic E-state index is -4.35. The highest BCUT2D eigenvalue weighted by Gasteiger charge is 2.35. The highest BCUT2D eigenvalue weighted by atomic mass is 35.5. The van der Waals surface area contributed by atoms with E-state index >= 15 is 0 Å². The number of carbonyl (C=O) groups excluding carboxylic acids is 2. The third-order valence-electron chi connectivity index (χ3n) is 7.38. The predicted octanol–water partition coefficient (Wildman–Crippen LogP) is 8.22. The summed E-state index contributed by atoms with van der Waals surface area (Å²) < 4.78 is 29.4. The first-order chi connectivity index (χ1) is 22.3. The highest BCUT2D eigenvalue weighted by Crippen LogP contribution is 2.36. The Bertz CT molecular complexity index is 1820. The summed E-state index contributed by atoms with van der Waals surface area (Å²) in [6, 6.07) is 24.0. The molecular formula is C35H35Cl4N3O4S. The summed E-state index contributed by atoms with van der Waals surface area (Å²) in [4.78, 5) is 29.8. The average molecular weight is 736 g/mol. The van der Waals surface area contributed by atoms with Crippen LogP contribution in [0.15, 0.2) is 95.9 Å². The van der Waals surface area contributed by atoms with Gasteiger partial charge in [-0.25, -0.2) is 8.42 Å². The third-order valence-corrected chi connectivity index (χ3v) is 10.7. The Balaban J connectivity index is 1.84. The molecule has 4 rings (SSSR count). The van der Waals surface area contributed by atoms with Crippen LogP contribution in [0.3, 0.4) is 0 Å². The smallest absolute Gasteiger partial charge is 0.264 e. The summed E-state index contributed by atoms with van der Waals surface area (Å²) in [7, 11) is -4.35. The van der Waals surface area contributed by atoms with Gasteiger partial charge in [0.25, 0.3) is 10.0 Å². The minimum Gasteiger partial charge on any atom is -0.354 e. The molecule has 0 radical (unpaired) electrons. The molecule has 47 heavy (non-hydrogen) atoms. The van der Waals surface area contributed by atoms with Crippen molar-refractivity contribution in [2.75, 3.05) is 17.4 Å². The molecule has 7 nitrogen and oxygen atoms in total. The van der Waals surface area contributed by atoms with Crippen LogP contribution in [-0.4, -0.2) is 44.3 Å². The summed E-state index contributed by atoms with van der Waals surface area (Å²) in [5, 5.41) is 3.63. The molecule has 0 bridgehead atoms. The van der Waals surface area contributed by atoms with E-state index in [2.05, 4.69) is 5.32 Å². The van der Waals surface area contributed by atoms with Crippen LogP contribution < -0.4 is 9.62 Å². The maximum Gasteiger partial charge on any atom is 0.264 e. The highest BCUT2D eigenvalue weighted by molar-refractivity contribution is 7.92. The molecule has 12 heteroatoms. The van der Waals surface area contributed by atoms with Gasteiger partial charge in [-0.15, -0.1) is 0 Å². The van der Waals surface area contributed by atoms with Gasteiger partial charge in [0.1, 0.15) is 12.6 Å². The molecule has 1 N–H and O–H groups in total. The van der Waals surface area contributed by atoms with Gasteiger partial charge in [-0.3, -0.25) is 13.9 Å². The lowest BCUT2D eigenvalue weighted by molar-refractivity contribution is -0.140. The Morgan fingerprint density at radius 2 is 1.47 bits per heavy atom. The number of benzene rings is 4. The van der Waals surface area contributed by atoms with Gasteiger partial charge < -0.3 is 10.2 Å². The van der Waals surface area contributed by atoms with Gasteiger partial charge in [0, 0.05) is 19.5 Å². The summed E-state index contributed by atoms with van der Waals surface area (Å²) in [5.41, 5.74) is 2.28. The molecule has 0 saturated heterocycles. The maximum atomic E-state index is 14.6. The fourth-order valence-electron chi connectivity index (χ4n) is 4.85. The molecule has 0 aliphatic rings. The second kappa shape index (κ2) is 16.2. The number of anilines is 1. The molecule has 0 aliphatic heterocycles. The van der Waals surface area contributed by atoms with Crippen LogP contribution in [0.25, 0.3) is 0 Å². The zero-order valence-corrected chi connectivity index (χ0v) is 29.9. The van der Waals surface area contributed by atoms with E-state index in [1.807, 2.05) is 51.1 Å². The summed E-state index contributed by atoms with van der Waals surface area (Å²) >= 11 is 25.4. The van der Waals surface area contributed by atoms with Crippen molar-refractivity contribution in [1.29, 1.82) is 0 Å². The monoisotopic (exact) mass is 733 g/mol. The Hall–Kier alpha value is -3.27. The zero-order valence-electron chi connectivity index (χ0n) is 26.1. The fourth-order valence-corrected chi connectivity index (χ4v) is 7.04. The number of hydrogen-bond donors (Lipinski definition) is 1. The number of rotatable bonds is 13. The molecule has 0 unspecified atom stereocenters. The largest absolute Gasteiger partial charge is 0.354 e. The lowest BCUT2D eigenvalue weighted by atomic mass is 10.0. The topological polar surface area (TPSA) is 86.8 Å². The average Bonchev–Trinajstić information content (AvgIpc) is 3.04. The Labute approximate surface area is 296 Å². The summed E-state index contributed by atoms with van der Waals surface area (Å²) in [6.45, 7) is 5.40. The van der Waals surface area contributed by atoms with Crippen LogP contribution >= 0.6 is 46.4 Å². The molecule has 0 heterocycles. The number of sulfonamides is 1. The van der Waals surface area contributed by atoms with Crippen molar-refractivity contribution in [3.05, 3.63) is 128 Å². The SMILES string of the molecule is Cc1ccc(S(=O)(=O)N(CC(=O)N(Cc2ccc(Cl)c(Cl)c2)[C@@H](Cc2ccccc2)C(=O)NCC(C)C)c2cccc(Cl)c2Cl)cc1. The van der Waals surface area contributed by atoms with Gasteiger partial charge in [0.2, 0.25) is 11.8 Å². The van der Waals surface area contributed by atoms with Crippen molar-refractivity contribution >= 4 is 73.9 Å². The van der Waals surface area contributed by atoms with Gasteiger partial charge in [0.05, 0.1) is 30.7 Å². The van der Waals surface area contributed by atoms with E-state index in [0.29, 0.717) is 17.1 Å². The Morgan fingerprint density at radius 1 is 0.787 bits per heavy atom. The van der Waals surface area contributed by atoms with Crippen molar-refractivity contribution in [1.82, 2.24) is 10.2 Å². The molecule has 4 aromatic rings. The second-order valence-corrected chi connectivity index (χ2v) is 15.0. The number of carbonyl (C=O) groups is 2. The van der Waals surface area contributed by atoms with E-state index < -0.39 is 28.5 Å². The third kappa shape index (κ3) is 9.42. The van der Waals surface area contributed by atoms with Gasteiger partial charge in [-0.1, -0.05) is 120 Å². The van der Waals surface area contributed by atoms with Crippen molar-refractivity contribution in [3.63, 3.8) is 0 Å². The maximum absolute atomic E-state index is 14.6. The van der Waals surface area contributed by atoms with Gasteiger partial charge in [0.15, 0.2) is 0 Å². The fraction of sp³-hybridized carbons (Fsp3) is 0.257. The van der Waals surface area contributed by atoms with Crippen LogP contribution in [-0.2, 0) is 32.6 Å². The molecule has 0 fully saturated rings. The molecular weight excluding hydrogens is 700 g/mol. The Morgan fingerprint density at radius 3 is 2.11 bits per heavy atom. The number of nitrogens with zero attached hydrogens (tertiary/aromatic N) is 2. The quantitative estimate of drug-likeness (QED) is 0.150. The van der Waals surface area contributed by atoms with E-state index in [1.54, 1.807) is 36.4 Å². The minimum absolute atomic E-state index is 0.0199. The summed E-state index contributed by atoms with van der Waals surface area (Å²) in [6.07, 6.45) is 0.167.